The van der Waals surface area contributed by atoms with Gasteiger partial charge < -0.3 is 4.74 Å². The Labute approximate surface area is 230 Å². The summed E-state index contributed by atoms with van der Waals surface area (Å²) in [4.78, 5) is 22.2. The Morgan fingerprint density at radius 3 is 2.50 bits per heavy atom. The smallest absolute Gasteiger partial charge is 0.281 e. The van der Waals surface area contributed by atoms with Crippen LogP contribution in [0.25, 0.3) is 17.0 Å². The Morgan fingerprint density at radius 1 is 0.974 bits per heavy atom. The summed E-state index contributed by atoms with van der Waals surface area (Å²) in [5.74, 6) is 0.215. The number of allylic oxidation sites excluding steroid dienone is 1. The van der Waals surface area contributed by atoms with E-state index in [4.69, 9.17) is 33.0 Å². The SMILES string of the molecule is O=C(COc1ncnc2ccccc12)N1N=C2/C(=C/c3ccc(Cl)cc3)CCCC2C1c1ccc(Cl)cc1. The molecule has 1 saturated carbocycles. The van der Waals surface area contributed by atoms with Crippen LogP contribution in [0.5, 0.6) is 5.88 Å². The number of carbonyl (C=O) groups is 1. The zero-order valence-electron chi connectivity index (χ0n) is 20.4. The van der Waals surface area contributed by atoms with Gasteiger partial charge in [0, 0.05) is 16.0 Å². The van der Waals surface area contributed by atoms with Crippen LogP contribution in [-0.4, -0.2) is 33.2 Å². The maximum Gasteiger partial charge on any atom is 0.281 e. The molecule has 2 heterocycles. The largest absolute Gasteiger partial charge is 0.467 e. The second-order valence-electron chi connectivity index (χ2n) is 9.42. The highest BCUT2D eigenvalue weighted by Crippen LogP contribution is 2.44. The van der Waals surface area contributed by atoms with Gasteiger partial charge >= 0.3 is 0 Å². The fourth-order valence-corrected chi connectivity index (χ4v) is 5.50. The minimum absolute atomic E-state index is 0.0762. The minimum Gasteiger partial charge on any atom is -0.467 e. The van der Waals surface area contributed by atoms with E-state index < -0.39 is 0 Å². The summed E-state index contributed by atoms with van der Waals surface area (Å²) < 4.78 is 5.92. The van der Waals surface area contributed by atoms with Gasteiger partial charge in [-0.25, -0.2) is 15.0 Å². The molecule has 6 nitrogen and oxygen atoms in total. The fraction of sp³-hybridized carbons (Fsp3) is 0.200. The molecule has 0 saturated heterocycles. The molecule has 0 bridgehead atoms. The van der Waals surface area contributed by atoms with Gasteiger partial charge in [-0.2, -0.15) is 5.10 Å². The number of hydrogen-bond acceptors (Lipinski definition) is 5. The molecule has 6 rings (SSSR count). The van der Waals surface area contributed by atoms with Crippen molar-refractivity contribution >= 4 is 51.8 Å². The maximum absolute atomic E-state index is 13.6. The van der Waals surface area contributed by atoms with E-state index >= 15 is 0 Å². The first-order valence-corrected chi connectivity index (χ1v) is 13.3. The highest BCUT2D eigenvalue weighted by molar-refractivity contribution is 6.30. The molecular weight excluding hydrogens is 519 g/mol. The highest BCUT2D eigenvalue weighted by Gasteiger charge is 2.43. The molecule has 0 spiro atoms. The Balaban J connectivity index is 1.32. The second-order valence-corrected chi connectivity index (χ2v) is 10.3. The molecule has 1 fully saturated rings. The van der Waals surface area contributed by atoms with Crippen LogP contribution < -0.4 is 4.74 Å². The summed E-state index contributed by atoms with van der Waals surface area (Å²) in [5, 5.41) is 8.61. The number of aromatic nitrogens is 2. The molecule has 190 valence electrons. The lowest BCUT2D eigenvalue weighted by Crippen LogP contribution is -2.34. The van der Waals surface area contributed by atoms with Crippen LogP contribution in [0.2, 0.25) is 10.0 Å². The van der Waals surface area contributed by atoms with Crippen LogP contribution in [0.3, 0.4) is 0 Å². The fourth-order valence-electron chi connectivity index (χ4n) is 5.25. The zero-order valence-corrected chi connectivity index (χ0v) is 21.9. The molecule has 0 N–H and O–H groups in total. The van der Waals surface area contributed by atoms with Crippen LogP contribution in [0.15, 0.2) is 89.8 Å². The molecule has 1 aliphatic carbocycles. The third-order valence-corrected chi connectivity index (χ3v) is 7.52. The Morgan fingerprint density at radius 2 is 1.71 bits per heavy atom. The Hall–Kier alpha value is -3.74. The highest BCUT2D eigenvalue weighted by atomic mass is 35.5. The monoisotopic (exact) mass is 542 g/mol. The van der Waals surface area contributed by atoms with Crippen molar-refractivity contribution in [2.75, 3.05) is 6.61 Å². The number of benzene rings is 3. The van der Waals surface area contributed by atoms with Crippen molar-refractivity contribution in [1.82, 2.24) is 15.0 Å². The van der Waals surface area contributed by atoms with Gasteiger partial charge in [-0.15, -0.1) is 0 Å². The number of carbonyl (C=O) groups excluding carboxylic acids is 1. The van der Waals surface area contributed by atoms with Gasteiger partial charge in [0.1, 0.15) is 6.33 Å². The second kappa shape index (κ2) is 10.6. The standard InChI is InChI=1S/C30H24Cl2N4O2/c31-22-12-8-19(9-13-22)16-21-4-3-6-25-28(21)35-36(29(25)20-10-14-23(32)15-11-20)27(37)17-38-30-24-5-1-2-7-26(24)33-18-34-30/h1-2,5,7-16,18,25,29H,3-4,6,17H2/b21-16+. The predicted molar refractivity (Wildman–Crippen MR) is 150 cm³/mol. The number of ether oxygens (including phenoxy) is 1. The van der Waals surface area contributed by atoms with Crippen LogP contribution in [0.4, 0.5) is 0 Å². The average Bonchev–Trinajstić information content (AvgIpc) is 3.34. The van der Waals surface area contributed by atoms with Crippen LogP contribution in [0.1, 0.15) is 36.4 Å². The summed E-state index contributed by atoms with van der Waals surface area (Å²) in [6, 6.07) is 22.7. The van der Waals surface area contributed by atoms with Crippen molar-refractivity contribution in [3.63, 3.8) is 0 Å². The number of fused-ring (bicyclic) bond motifs is 2. The molecule has 0 radical (unpaired) electrons. The molecule has 1 aromatic heterocycles. The van der Waals surface area contributed by atoms with E-state index in [-0.39, 0.29) is 24.5 Å². The van der Waals surface area contributed by atoms with E-state index in [9.17, 15) is 4.79 Å². The van der Waals surface area contributed by atoms with E-state index in [1.54, 1.807) is 5.01 Å². The van der Waals surface area contributed by atoms with Crippen molar-refractivity contribution in [2.45, 2.75) is 25.3 Å². The van der Waals surface area contributed by atoms with Gasteiger partial charge in [-0.3, -0.25) is 4.79 Å². The van der Waals surface area contributed by atoms with E-state index in [1.807, 2.05) is 72.8 Å². The Kier molecular flexibility index (Phi) is 6.83. The van der Waals surface area contributed by atoms with Gasteiger partial charge in [-0.1, -0.05) is 59.6 Å². The molecule has 2 aliphatic rings. The van der Waals surface area contributed by atoms with Gasteiger partial charge in [0.25, 0.3) is 5.91 Å². The molecule has 4 aromatic rings. The van der Waals surface area contributed by atoms with Crippen molar-refractivity contribution in [1.29, 1.82) is 0 Å². The van der Waals surface area contributed by atoms with Gasteiger partial charge in [0.05, 0.1) is 22.7 Å². The maximum atomic E-state index is 13.6. The molecule has 8 heteroatoms. The normalized spacial score (nSPS) is 19.9. The van der Waals surface area contributed by atoms with Crippen molar-refractivity contribution < 1.29 is 9.53 Å². The molecule has 3 aromatic carbocycles. The van der Waals surface area contributed by atoms with Crippen molar-refractivity contribution in [3.8, 4) is 5.88 Å². The molecule has 1 amide bonds. The number of rotatable bonds is 5. The number of halogens is 2. The lowest BCUT2D eigenvalue weighted by atomic mass is 9.77. The quantitative estimate of drug-likeness (QED) is 0.268. The molecule has 1 aliphatic heterocycles. The molecule has 2 unspecified atom stereocenters. The molecule has 2 atom stereocenters. The molecular formula is C30H24Cl2N4O2. The van der Waals surface area contributed by atoms with Crippen LogP contribution in [-0.2, 0) is 4.79 Å². The molecule has 38 heavy (non-hydrogen) atoms. The van der Waals surface area contributed by atoms with Gasteiger partial charge in [0.15, 0.2) is 6.61 Å². The summed E-state index contributed by atoms with van der Waals surface area (Å²) >= 11 is 12.3. The van der Waals surface area contributed by atoms with Crippen molar-refractivity contribution in [2.24, 2.45) is 11.0 Å². The van der Waals surface area contributed by atoms with Crippen LogP contribution >= 0.6 is 23.2 Å². The number of hydrazone groups is 1. The Bertz CT molecular complexity index is 1550. The number of hydrogen-bond donors (Lipinski definition) is 0. The van der Waals surface area contributed by atoms with E-state index in [0.717, 1.165) is 52.6 Å². The summed E-state index contributed by atoms with van der Waals surface area (Å²) in [6.45, 7) is -0.190. The lowest BCUT2D eigenvalue weighted by molar-refractivity contribution is -0.135. The summed E-state index contributed by atoms with van der Waals surface area (Å²) in [6.07, 6.45) is 6.44. The average molecular weight is 543 g/mol. The summed E-state index contributed by atoms with van der Waals surface area (Å²) in [7, 11) is 0. The van der Waals surface area contributed by atoms with Crippen LogP contribution in [0, 0.1) is 5.92 Å². The first-order valence-electron chi connectivity index (χ1n) is 12.5. The third kappa shape index (κ3) is 4.89. The predicted octanol–water partition coefficient (Wildman–Crippen LogP) is 7.14. The van der Waals surface area contributed by atoms with Gasteiger partial charge in [0.2, 0.25) is 5.88 Å². The third-order valence-electron chi connectivity index (χ3n) is 7.02. The number of amides is 1. The minimum atomic E-state index is -0.241. The lowest BCUT2D eigenvalue weighted by Gasteiger charge is -2.29. The number of nitrogens with zero attached hydrogens (tertiary/aromatic N) is 4. The number of para-hydroxylation sites is 1. The zero-order chi connectivity index (χ0) is 26.1. The van der Waals surface area contributed by atoms with E-state index in [0.29, 0.717) is 15.9 Å². The first-order chi connectivity index (χ1) is 18.6. The van der Waals surface area contributed by atoms with E-state index in [1.165, 1.54) is 6.33 Å². The summed E-state index contributed by atoms with van der Waals surface area (Å²) in [5.41, 5.74) is 4.90. The van der Waals surface area contributed by atoms with Gasteiger partial charge in [-0.05, 0) is 78.4 Å². The topological polar surface area (TPSA) is 67.7 Å². The van der Waals surface area contributed by atoms with E-state index in [2.05, 4.69) is 16.0 Å². The first kappa shape index (κ1) is 24.6. The van der Waals surface area contributed by atoms with Crippen molar-refractivity contribution in [3.05, 3.63) is 106 Å².